The molecule has 2 aromatic carbocycles. The number of hydrogen-bond acceptors (Lipinski definition) is 4. The maximum Gasteiger partial charge on any atom is 0.306 e. The molecule has 0 atom stereocenters. The molecule has 0 radical (unpaired) electrons. The van der Waals surface area contributed by atoms with Gasteiger partial charge in [-0.15, -0.1) is 0 Å². The minimum Gasteiger partial charge on any atom is -0.508 e. The first-order chi connectivity index (χ1) is 13.1. The summed E-state index contributed by atoms with van der Waals surface area (Å²) in [5.41, 5.74) is 1.85. The van der Waals surface area contributed by atoms with E-state index in [2.05, 4.69) is 6.92 Å². The van der Waals surface area contributed by atoms with Gasteiger partial charge in [-0.1, -0.05) is 63.3 Å². The van der Waals surface area contributed by atoms with Crippen LogP contribution in [0.2, 0.25) is 0 Å². The second-order valence-corrected chi connectivity index (χ2v) is 6.93. The van der Waals surface area contributed by atoms with Crippen molar-refractivity contribution in [2.24, 2.45) is 0 Å². The molecule has 0 saturated heterocycles. The topological polar surface area (TPSA) is 66.8 Å². The molecular weight excluding hydrogens is 340 g/mol. The minimum atomic E-state index is -0.227. The third kappa shape index (κ3) is 7.33. The molecule has 0 fully saturated rings. The molecule has 0 bridgehead atoms. The standard InChI is InChI=1S/C23H30O4/c1-2-3-4-5-6-7-16-27-23(26)17-22(18-8-12-20(24)13-9-18)19-10-14-21(25)15-11-19/h8-15,22,24-25H,2-7,16-17H2,1H3. The Kier molecular flexibility index (Phi) is 8.69. The van der Waals surface area contributed by atoms with Crippen LogP contribution < -0.4 is 0 Å². The zero-order valence-electron chi connectivity index (χ0n) is 16.1. The Morgan fingerprint density at radius 1 is 0.815 bits per heavy atom. The highest BCUT2D eigenvalue weighted by Crippen LogP contribution is 2.30. The van der Waals surface area contributed by atoms with Crippen LogP contribution in [0.25, 0.3) is 0 Å². The van der Waals surface area contributed by atoms with E-state index in [1.165, 1.54) is 25.7 Å². The number of phenolic OH excluding ortho intramolecular Hbond substituents is 2. The third-order valence-electron chi connectivity index (χ3n) is 4.72. The summed E-state index contributed by atoms with van der Waals surface area (Å²) < 4.78 is 5.43. The van der Waals surface area contributed by atoms with Crippen molar-refractivity contribution in [3.8, 4) is 11.5 Å². The molecule has 4 heteroatoms. The van der Waals surface area contributed by atoms with Gasteiger partial charge in [0.25, 0.3) is 0 Å². The fraction of sp³-hybridized carbons (Fsp3) is 0.435. The smallest absolute Gasteiger partial charge is 0.306 e. The Morgan fingerprint density at radius 2 is 1.30 bits per heavy atom. The van der Waals surface area contributed by atoms with Gasteiger partial charge in [0.05, 0.1) is 13.0 Å². The molecular formula is C23H30O4. The van der Waals surface area contributed by atoms with Crippen molar-refractivity contribution in [1.82, 2.24) is 0 Å². The summed E-state index contributed by atoms with van der Waals surface area (Å²) in [7, 11) is 0. The quantitative estimate of drug-likeness (QED) is 0.403. The van der Waals surface area contributed by atoms with Crippen LogP contribution in [0, 0.1) is 0 Å². The lowest BCUT2D eigenvalue weighted by molar-refractivity contribution is -0.144. The van der Waals surface area contributed by atoms with Crippen LogP contribution in [-0.4, -0.2) is 22.8 Å². The van der Waals surface area contributed by atoms with E-state index in [4.69, 9.17) is 4.74 Å². The normalized spacial score (nSPS) is 10.9. The fourth-order valence-corrected chi connectivity index (χ4v) is 3.14. The maximum atomic E-state index is 12.3. The Labute approximate surface area is 161 Å². The predicted octanol–water partition coefficient (Wildman–Crippen LogP) is 5.52. The van der Waals surface area contributed by atoms with Crippen molar-refractivity contribution in [2.45, 2.75) is 57.8 Å². The van der Waals surface area contributed by atoms with Gasteiger partial charge in [0.2, 0.25) is 0 Å². The van der Waals surface area contributed by atoms with Crippen LogP contribution >= 0.6 is 0 Å². The highest BCUT2D eigenvalue weighted by molar-refractivity contribution is 5.71. The molecule has 0 aromatic heterocycles. The minimum absolute atomic E-state index is 0.178. The molecule has 0 heterocycles. The monoisotopic (exact) mass is 370 g/mol. The van der Waals surface area contributed by atoms with Crippen LogP contribution in [0.1, 0.15) is 68.9 Å². The van der Waals surface area contributed by atoms with Gasteiger partial charge in [-0.25, -0.2) is 0 Å². The van der Waals surface area contributed by atoms with E-state index in [0.29, 0.717) is 6.61 Å². The Bertz CT molecular complexity index is 631. The van der Waals surface area contributed by atoms with Gasteiger partial charge >= 0.3 is 5.97 Å². The van der Waals surface area contributed by atoms with Crippen molar-refractivity contribution in [2.75, 3.05) is 6.61 Å². The Balaban J connectivity index is 1.92. The summed E-state index contributed by atoms with van der Waals surface area (Å²) >= 11 is 0. The molecule has 0 aliphatic carbocycles. The number of aromatic hydroxyl groups is 2. The van der Waals surface area contributed by atoms with Gasteiger partial charge in [0.15, 0.2) is 0 Å². The molecule has 0 amide bonds. The van der Waals surface area contributed by atoms with Crippen molar-refractivity contribution in [1.29, 1.82) is 0 Å². The largest absolute Gasteiger partial charge is 0.508 e. The van der Waals surface area contributed by atoms with Crippen molar-refractivity contribution >= 4 is 5.97 Å². The summed E-state index contributed by atoms with van der Waals surface area (Å²) in [6.07, 6.45) is 7.14. The average molecular weight is 370 g/mol. The Hall–Kier alpha value is -2.49. The van der Waals surface area contributed by atoms with Crippen LogP contribution in [0.5, 0.6) is 11.5 Å². The number of ether oxygens (including phenoxy) is 1. The first kappa shape index (κ1) is 20.8. The van der Waals surface area contributed by atoms with Gasteiger partial charge in [-0.3, -0.25) is 4.79 Å². The molecule has 4 nitrogen and oxygen atoms in total. The first-order valence-corrected chi connectivity index (χ1v) is 9.83. The lowest BCUT2D eigenvalue weighted by atomic mass is 9.88. The van der Waals surface area contributed by atoms with Gasteiger partial charge in [0.1, 0.15) is 11.5 Å². The van der Waals surface area contributed by atoms with Gasteiger partial charge in [-0.2, -0.15) is 0 Å². The summed E-state index contributed by atoms with van der Waals surface area (Å²) in [4.78, 5) is 12.3. The predicted molar refractivity (Wildman–Crippen MR) is 107 cm³/mol. The Morgan fingerprint density at radius 3 is 1.81 bits per heavy atom. The second-order valence-electron chi connectivity index (χ2n) is 6.93. The van der Waals surface area contributed by atoms with Crippen molar-refractivity contribution in [3.05, 3.63) is 59.7 Å². The van der Waals surface area contributed by atoms with Crippen LogP contribution in [0.3, 0.4) is 0 Å². The van der Waals surface area contributed by atoms with E-state index in [1.807, 2.05) is 24.3 Å². The number of carbonyl (C=O) groups excluding carboxylic acids is 1. The average Bonchev–Trinajstić information content (AvgIpc) is 2.67. The van der Waals surface area contributed by atoms with Gasteiger partial charge in [-0.05, 0) is 41.8 Å². The SMILES string of the molecule is CCCCCCCCOC(=O)CC(c1ccc(O)cc1)c1ccc(O)cc1. The van der Waals surface area contributed by atoms with E-state index in [9.17, 15) is 15.0 Å². The zero-order valence-corrected chi connectivity index (χ0v) is 16.1. The highest BCUT2D eigenvalue weighted by Gasteiger charge is 2.19. The summed E-state index contributed by atoms with van der Waals surface area (Å²) in [6.45, 7) is 2.66. The lowest BCUT2D eigenvalue weighted by Crippen LogP contribution is -2.12. The number of carbonyl (C=O) groups is 1. The van der Waals surface area contributed by atoms with E-state index in [0.717, 1.165) is 24.0 Å². The molecule has 0 spiro atoms. The highest BCUT2D eigenvalue weighted by atomic mass is 16.5. The van der Waals surface area contributed by atoms with E-state index in [-0.39, 0.29) is 29.8 Å². The van der Waals surface area contributed by atoms with Crippen molar-refractivity contribution in [3.63, 3.8) is 0 Å². The molecule has 0 saturated carbocycles. The molecule has 2 N–H and O–H groups in total. The summed E-state index contributed by atoms with van der Waals surface area (Å²) in [5.74, 6) is -0.0272. The van der Waals surface area contributed by atoms with E-state index < -0.39 is 0 Å². The molecule has 0 unspecified atom stereocenters. The first-order valence-electron chi connectivity index (χ1n) is 9.83. The molecule has 2 rings (SSSR count). The van der Waals surface area contributed by atoms with E-state index in [1.54, 1.807) is 24.3 Å². The maximum absolute atomic E-state index is 12.3. The zero-order chi connectivity index (χ0) is 19.5. The second kappa shape index (κ2) is 11.3. The van der Waals surface area contributed by atoms with Crippen LogP contribution in [0.15, 0.2) is 48.5 Å². The molecule has 0 aliphatic heterocycles. The van der Waals surface area contributed by atoms with E-state index >= 15 is 0 Å². The van der Waals surface area contributed by atoms with Crippen molar-refractivity contribution < 1.29 is 19.7 Å². The van der Waals surface area contributed by atoms with Gasteiger partial charge < -0.3 is 14.9 Å². The molecule has 27 heavy (non-hydrogen) atoms. The number of phenols is 2. The lowest BCUT2D eigenvalue weighted by Gasteiger charge is -2.18. The molecule has 146 valence electrons. The molecule has 2 aromatic rings. The van der Waals surface area contributed by atoms with Gasteiger partial charge in [0, 0.05) is 5.92 Å². The summed E-state index contributed by atoms with van der Waals surface area (Å²) in [6, 6.07) is 13.7. The van der Waals surface area contributed by atoms with Crippen LogP contribution in [-0.2, 0) is 9.53 Å². The number of benzene rings is 2. The fourth-order valence-electron chi connectivity index (χ4n) is 3.14. The number of esters is 1. The number of unbranched alkanes of at least 4 members (excludes halogenated alkanes) is 5. The number of rotatable bonds is 11. The molecule has 0 aliphatic rings. The number of hydrogen-bond donors (Lipinski definition) is 2. The van der Waals surface area contributed by atoms with Crippen LogP contribution in [0.4, 0.5) is 0 Å². The third-order valence-corrected chi connectivity index (χ3v) is 4.72. The summed E-state index contributed by atoms with van der Waals surface area (Å²) in [5, 5.41) is 19.0.